The maximum absolute atomic E-state index is 11.0. The molecule has 0 unspecified atom stereocenters. The zero-order valence-corrected chi connectivity index (χ0v) is 12.0. The van der Waals surface area contributed by atoms with Crippen LogP contribution in [0.3, 0.4) is 0 Å². The van der Waals surface area contributed by atoms with Crippen molar-refractivity contribution in [1.29, 1.82) is 0 Å². The summed E-state index contributed by atoms with van der Waals surface area (Å²) < 4.78 is 5.49. The highest BCUT2D eigenvalue weighted by molar-refractivity contribution is 7.07. The molecule has 20 heavy (non-hydrogen) atoms. The van der Waals surface area contributed by atoms with Crippen LogP contribution in [-0.4, -0.2) is 16.0 Å². The molecule has 0 spiro atoms. The molecule has 2 rings (SSSR count). The van der Waals surface area contributed by atoms with Crippen molar-refractivity contribution in [2.45, 2.75) is 26.5 Å². The van der Waals surface area contributed by atoms with E-state index in [4.69, 9.17) is 4.74 Å². The molecule has 0 amide bonds. The summed E-state index contributed by atoms with van der Waals surface area (Å²) in [5.41, 5.74) is 3.43. The fourth-order valence-electron chi connectivity index (χ4n) is 1.64. The third kappa shape index (κ3) is 3.67. The molecule has 0 bridgehead atoms. The van der Waals surface area contributed by atoms with Crippen LogP contribution >= 0.6 is 11.3 Å². The second kappa shape index (κ2) is 6.33. The molecule has 2 aromatic rings. The van der Waals surface area contributed by atoms with Gasteiger partial charge in [-0.3, -0.25) is 10.1 Å². The largest absolute Gasteiger partial charge is 0.484 e. The fourth-order valence-corrected chi connectivity index (χ4v) is 2.20. The van der Waals surface area contributed by atoms with Gasteiger partial charge >= 0.3 is 5.69 Å². The van der Waals surface area contributed by atoms with Crippen molar-refractivity contribution in [3.05, 3.63) is 44.9 Å². The summed E-state index contributed by atoms with van der Waals surface area (Å²) in [4.78, 5) is 14.7. The minimum atomic E-state index is -0.443. The van der Waals surface area contributed by atoms with Gasteiger partial charge in [0.05, 0.1) is 28.8 Å². The van der Waals surface area contributed by atoms with Gasteiger partial charge in [-0.1, -0.05) is 0 Å². The van der Waals surface area contributed by atoms with Crippen LogP contribution in [0.25, 0.3) is 0 Å². The van der Waals surface area contributed by atoms with E-state index >= 15 is 0 Å². The van der Waals surface area contributed by atoms with Crippen LogP contribution in [0.1, 0.15) is 19.5 Å². The summed E-state index contributed by atoms with van der Waals surface area (Å²) >= 11 is 1.53. The quantitative estimate of drug-likeness (QED) is 0.652. The number of hydrogen-bond donors (Lipinski definition) is 1. The first kappa shape index (κ1) is 14.3. The lowest BCUT2D eigenvalue weighted by atomic mass is 10.2. The number of rotatable bonds is 6. The predicted molar refractivity (Wildman–Crippen MR) is 78.3 cm³/mol. The fraction of sp³-hybridized carbons (Fsp3) is 0.308. The van der Waals surface area contributed by atoms with Crippen molar-refractivity contribution in [2.75, 3.05) is 5.32 Å². The predicted octanol–water partition coefficient (Wildman–Crippen LogP) is 3.45. The van der Waals surface area contributed by atoms with Gasteiger partial charge < -0.3 is 10.1 Å². The number of thiazole rings is 1. The topological polar surface area (TPSA) is 77.3 Å². The van der Waals surface area contributed by atoms with Gasteiger partial charge in [0.25, 0.3) is 0 Å². The van der Waals surface area contributed by atoms with Crippen molar-refractivity contribution in [2.24, 2.45) is 0 Å². The zero-order chi connectivity index (χ0) is 14.5. The number of nitro benzene ring substituents is 1. The van der Waals surface area contributed by atoms with Gasteiger partial charge in [0.1, 0.15) is 0 Å². The molecule has 6 nitrogen and oxygen atoms in total. The van der Waals surface area contributed by atoms with Crippen molar-refractivity contribution < 1.29 is 9.66 Å². The Morgan fingerprint density at radius 2 is 2.30 bits per heavy atom. The Morgan fingerprint density at radius 3 is 2.90 bits per heavy atom. The van der Waals surface area contributed by atoms with E-state index in [0.717, 1.165) is 11.4 Å². The van der Waals surface area contributed by atoms with Gasteiger partial charge in [-0.05, 0) is 19.9 Å². The maximum Gasteiger partial charge on any atom is 0.311 e. The molecule has 7 heteroatoms. The number of nitrogens with zero attached hydrogens (tertiary/aromatic N) is 2. The molecular weight excluding hydrogens is 278 g/mol. The normalized spacial score (nSPS) is 10.6. The van der Waals surface area contributed by atoms with E-state index in [1.165, 1.54) is 17.4 Å². The number of hydrogen-bond acceptors (Lipinski definition) is 6. The molecule has 0 saturated carbocycles. The third-order valence-electron chi connectivity index (χ3n) is 2.48. The van der Waals surface area contributed by atoms with Crippen molar-refractivity contribution >= 4 is 22.7 Å². The minimum Gasteiger partial charge on any atom is -0.484 e. The highest BCUT2D eigenvalue weighted by Crippen LogP contribution is 2.31. The number of aromatic nitrogens is 1. The van der Waals surface area contributed by atoms with Crippen LogP contribution in [0.5, 0.6) is 5.75 Å². The third-order valence-corrected chi connectivity index (χ3v) is 3.11. The summed E-state index contributed by atoms with van der Waals surface area (Å²) in [5.74, 6) is 0.272. The van der Waals surface area contributed by atoms with E-state index in [2.05, 4.69) is 10.3 Å². The monoisotopic (exact) mass is 293 g/mol. The highest BCUT2D eigenvalue weighted by atomic mass is 32.1. The number of ether oxygens (including phenoxy) is 1. The van der Waals surface area contributed by atoms with Crippen LogP contribution in [0, 0.1) is 10.1 Å². The van der Waals surface area contributed by atoms with E-state index in [-0.39, 0.29) is 17.5 Å². The summed E-state index contributed by atoms with van der Waals surface area (Å²) in [6, 6.07) is 4.75. The molecule has 1 N–H and O–H groups in total. The number of nitrogens with one attached hydrogen (secondary N) is 1. The lowest BCUT2D eigenvalue weighted by molar-refractivity contribution is -0.386. The van der Waals surface area contributed by atoms with Crippen molar-refractivity contribution in [1.82, 2.24) is 4.98 Å². The van der Waals surface area contributed by atoms with Crippen molar-refractivity contribution in [3.8, 4) is 5.75 Å². The van der Waals surface area contributed by atoms with E-state index in [9.17, 15) is 10.1 Å². The Kier molecular flexibility index (Phi) is 4.52. The van der Waals surface area contributed by atoms with Gasteiger partial charge in [-0.15, -0.1) is 11.3 Å². The molecule has 0 radical (unpaired) electrons. The number of benzene rings is 1. The minimum absolute atomic E-state index is 0.0297. The maximum atomic E-state index is 11.0. The zero-order valence-electron chi connectivity index (χ0n) is 11.2. The van der Waals surface area contributed by atoms with Gasteiger partial charge in [-0.2, -0.15) is 0 Å². The number of anilines is 1. The Balaban J connectivity index is 2.15. The van der Waals surface area contributed by atoms with E-state index in [1.54, 1.807) is 17.6 Å². The van der Waals surface area contributed by atoms with Gasteiger partial charge in [0.2, 0.25) is 0 Å². The lowest BCUT2D eigenvalue weighted by Crippen LogP contribution is -2.08. The summed E-state index contributed by atoms with van der Waals surface area (Å²) in [6.07, 6.45) is -0.123. The SMILES string of the molecule is CC(C)Oc1cc(NCc2cscn2)ccc1[N+](=O)[O-]. The molecule has 0 fully saturated rings. The van der Waals surface area contributed by atoms with E-state index in [1.807, 2.05) is 19.2 Å². The first-order valence-electron chi connectivity index (χ1n) is 6.12. The van der Waals surface area contributed by atoms with Crippen LogP contribution in [-0.2, 0) is 6.54 Å². The second-order valence-electron chi connectivity index (χ2n) is 4.44. The summed E-state index contributed by atoms with van der Waals surface area (Å²) in [7, 11) is 0. The molecular formula is C13H15N3O3S. The molecule has 1 aromatic heterocycles. The standard InChI is InChI=1S/C13H15N3O3S/c1-9(2)19-13-5-10(3-4-12(13)16(17)18)14-6-11-7-20-8-15-11/h3-5,7-9,14H,6H2,1-2H3. The first-order valence-corrected chi connectivity index (χ1v) is 7.06. The molecule has 106 valence electrons. The Morgan fingerprint density at radius 1 is 1.50 bits per heavy atom. The van der Waals surface area contributed by atoms with Crippen LogP contribution in [0.4, 0.5) is 11.4 Å². The van der Waals surface area contributed by atoms with Crippen molar-refractivity contribution in [3.63, 3.8) is 0 Å². The average molecular weight is 293 g/mol. The smallest absolute Gasteiger partial charge is 0.311 e. The van der Waals surface area contributed by atoms with Crippen LogP contribution in [0.15, 0.2) is 29.1 Å². The van der Waals surface area contributed by atoms with Crippen LogP contribution < -0.4 is 10.1 Å². The molecule has 1 heterocycles. The van der Waals surface area contributed by atoms with E-state index in [0.29, 0.717) is 6.54 Å². The molecule has 0 aliphatic heterocycles. The van der Waals surface area contributed by atoms with Gasteiger partial charge in [-0.25, -0.2) is 4.98 Å². The van der Waals surface area contributed by atoms with Gasteiger partial charge in [0, 0.05) is 23.2 Å². The summed E-state index contributed by atoms with van der Waals surface area (Å²) in [5, 5.41) is 16.1. The lowest BCUT2D eigenvalue weighted by Gasteiger charge is -2.12. The first-order chi connectivity index (χ1) is 9.56. The Bertz CT molecular complexity index is 585. The number of nitro groups is 1. The molecule has 0 aliphatic carbocycles. The molecule has 0 atom stereocenters. The molecule has 1 aromatic carbocycles. The Hall–Kier alpha value is -2.15. The van der Waals surface area contributed by atoms with E-state index < -0.39 is 4.92 Å². The van der Waals surface area contributed by atoms with Gasteiger partial charge in [0.15, 0.2) is 5.75 Å². The van der Waals surface area contributed by atoms with Crippen LogP contribution in [0.2, 0.25) is 0 Å². The molecule has 0 aliphatic rings. The second-order valence-corrected chi connectivity index (χ2v) is 5.16. The summed E-state index contributed by atoms with van der Waals surface area (Å²) in [6.45, 7) is 4.24. The average Bonchev–Trinajstić information content (AvgIpc) is 2.88. The molecule has 0 saturated heterocycles. The Labute approximate surface area is 120 Å². The highest BCUT2D eigenvalue weighted by Gasteiger charge is 2.16.